The van der Waals surface area contributed by atoms with Crippen LogP contribution < -0.4 is 5.32 Å². The van der Waals surface area contributed by atoms with Crippen molar-refractivity contribution in [1.29, 1.82) is 0 Å². The molecular formula is C13H23N3O. The minimum Gasteiger partial charge on any atom is -0.392 e. The molecule has 2 rings (SSSR count). The Labute approximate surface area is 103 Å². The average molecular weight is 237 g/mol. The highest BCUT2D eigenvalue weighted by atomic mass is 16.3. The number of nitrogens with one attached hydrogen (secondary N) is 1. The van der Waals surface area contributed by atoms with Gasteiger partial charge in [-0.15, -0.1) is 0 Å². The van der Waals surface area contributed by atoms with Crippen LogP contribution in [0.5, 0.6) is 0 Å². The van der Waals surface area contributed by atoms with Gasteiger partial charge in [-0.05, 0) is 18.4 Å². The third-order valence-corrected chi connectivity index (χ3v) is 3.54. The third kappa shape index (κ3) is 4.48. The molecule has 1 saturated carbocycles. The van der Waals surface area contributed by atoms with Crippen molar-refractivity contribution in [2.45, 2.75) is 44.8 Å². The van der Waals surface area contributed by atoms with Crippen LogP contribution in [0.25, 0.3) is 0 Å². The average Bonchev–Trinajstić information content (AvgIpc) is 2.96. The summed E-state index contributed by atoms with van der Waals surface area (Å²) in [7, 11) is 0. The maximum absolute atomic E-state index is 9.88. The van der Waals surface area contributed by atoms with Crippen LogP contribution in [0.4, 0.5) is 0 Å². The molecule has 0 saturated heterocycles. The van der Waals surface area contributed by atoms with E-state index in [1.807, 2.05) is 16.9 Å². The fourth-order valence-electron chi connectivity index (χ4n) is 2.61. The fourth-order valence-corrected chi connectivity index (χ4v) is 2.61. The smallest absolute Gasteiger partial charge is 0.0667 e. The molecule has 0 radical (unpaired) electrons. The van der Waals surface area contributed by atoms with E-state index in [1.54, 1.807) is 6.20 Å². The van der Waals surface area contributed by atoms with E-state index in [0.717, 1.165) is 25.4 Å². The molecule has 96 valence electrons. The second-order valence-corrected chi connectivity index (χ2v) is 5.01. The molecule has 0 bridgehead atoms. The fraction of sp³-hybridized carbons (Fsp3) is 0.769. The Kier molecular flexibility index (Phi) is 5.01. The lowest BCUT2D eigenvalue weighted by Gasteiger charge is -2.15. The van der Waals surface area contributed by atoms with Crippen LogP contribution >= 0.6 is 0 Å². The molecule has 4 heteroatoms. The van der Waals surface area contributed by atoms with E-state index < -0.39 is 0 Å². The van der Waals surface area contributed by atoms with Crippen molar-refractivity contribution in [2.75, 3.05) is 13.1 Å². The molecule has 0 spiro atoms. The van der Waals surface area contributed by atoms with E-state index >= 15 is 0 Å². The van der Waals surface area contributed by atoms with Crippen LogP contribution in [0.2, 0.25) is 0 Å². The largest absolute Gasteiger partial charge is 0.392 e. The Balaban J connectivity index is 1.52. The van der Waals surface area contributed by atoms with Gasteiger partial charge >= 0.3 is 0 Å². The maximum Gasteiger partial charge on any atom is 0.0667 e. The summed E-state index contributed by atoms with van der Waals surface area (Å²) in [4.78, 5) is 0. The summed E-state index contributed by atoms with van der Waals surface area (Å²) >= 11 is 0. The molecule has 1 aromatic rings. The SMILES string of the molecule is OC(CNCCn1cccn1)CC1CCCC1. The van der Waals surface area contributed by atoms with E-state index in [9.17, 15) is 5.11 Å². The Hall–Kier alpha value is -0.870. The second kappa shape index (κ2) is 6.77. The maximum atomic E-state index is 9.88. The van der Waals surface area contributed by atoms with Gasteiger partial charge in [-0.2, -0.15) is 5.10 Å². The Bertz CT molecular complexity index is 294. The van der Waals surface area contributed by atoms with Gasteiger partial charge in [0.1, 0.15) is 0 Å². The zero-order valence-electron chi connectivity index (χ0n) is 10.4. The van der Waals surface area contributed by atoms with E-state index in [2.05, 4.69) is 10.4 Å². The summed E-state index contributed by atoms with van der Waals surface area (Å²) in [6, 6.07) is 1.93. The van der Waals surface area contributed by atoms with Gasteiger partial charge in [0, 0.05) is 25.5 Å². The molecule has 1 heterocycles. The third-order valence-electron chi connectivity index (χ3n) is 3.54. The summed E-state index contributed by atoms with van der Waals surface area (Å²) in [5, 5.41) is 17.3. The van der Waals surface area contributed by atoms with E-state index in [0.29, 0.717) is 6.54 Å². The van der Waals surface area contributed by atoms with Crippen molar-refractivity contribution in [3.8, 4) is 0 Å². The van der Waals surface area contributed by atoms with Crippen molar-refractivity contribution in [1.82, 2.24) is 15.1 Å². The summed E-state index contributed by atoms with van der Waals surface area (Å²) in [5.74, 6) is 0.762. The van der Waals surface area contributed by atoms with Gasteiger partial charge in [-0.25, -0.2) is 0 Å². The highest BCUT2D eigenvalue weighted by molar-refractivity contribution is 4.78. The van der Waals surface area contributed by atoms with Crippen LogP contribution in [0.3, 0.4) is 0 Å². The van der Waals surface area contributed by atoms with Gasteiger partial charge in [0.15, 0.2) is 0 Å². The first-order valence-electron chi connectivity index (χ1n) is 6.71. The predicted octanol–water partition coefficient (Wildman–Crippen LogP) is 1.41. The molecule has 1 aromatic heterocycles. The van der Waals surface area contributed by atoms with Gasteiger partial charge < -0.3 is 10.4 Å². The first-order valence-corrected chi connectivity index (χ1v) is 6.71. The molecule has 1 aliphatic carbocycles. The summed E-state index contributed by atoms with van der Waals surface area (Å²) in [5.41, 5.74) is 0. The standard InChI is InChI=1S/C13H23N3O/c17-13(10-12-4-1-2-5-12)11-14-7-9-16-8-3-6-15-16/h3,6,8,12-14,17H,1-2,4-5,7,9-11H2. The lowest BCUT2D eigenvalue weighted by atomic mass is 10.0. The van der Waals surface area contributed by atoms with Gasteiger partial charge in [0.05, 0.1) is 12.6 Å². The summed E-state index contributed by atoms with van der Waals surface area (Å²) in [6.07, 6.45) is 9.85. The van der Waals surface area contributed by atoms with Gasteiger partial charge in [0.25, 0.3) is 0 Å². The molecule has 1 atom stereocenters. The topological polar surface area (TPSA) is 50.1 Å². The van der Waals surface area contributed by atoms with Crippen molar-refractivity contribution in [3.05, 3.63) is 18.5 Å². The van der Waals surface area contributed by atoms with Crippen molar-refractivity contribution < 1.29 is 5.11 Å². The summed E-state index contributed by atoms with van der Waals surface area (Å²) < 4.78 is 1.90. The number of aliphatic hydroxyl groups is 1. The highest BCUT2D eigenvalue weighted by Gasteiger charge is 2.18. The zero-order chi connectivity index (χ0) is 11.9. The molecule has 0 aliphatic heterocycles. The van der Waals surface area contributed by atoms with Gasteiger partial charge in [0.2, 0.25) is 0 Å². The second-order valence-electron chi connectivity index (χ2n) is 5.01. The highest BCUT2D eigenvalue weighted by Crippen LogP contribution is 2.28. The van der Waals surface area contributed by atoms with Crippen LogP contribution in [-0.2, 0) is 6.54 Å². The van der Waals surface area contributed by atoms with Crippen LogP contribution in [0.1, 0.15) is 32.1 Å². The van der Waals surface area contributed by atoms with Crippen LogP contribution in [0.15, 0.2) is 18.5 Å². The molecule has 1 fully saturated rings. The lowest BCUT2D eigenvalue weighted by molar-refractivity contribution is 0.140. The quantitative estimate of drug-likeness (QED) is 0.705. The molecular weight excluding hydrogens is 214 g/mol. The first kappa shape index (κ1) is 12.6. The number of nitrogens with zero attached hydrogens (tertiary/aromatic N) is 2. The van der Waals surface area contributed by atoms with Crippen molar-refractivity contribution in [3.63, 3.8) is 0 Å². The number of rotatable bonds is 7. The summed E-state index contributed by atoms with van der Waals surface area (Å²) in [6.45, 7) is 2.43. The van der Waals surface area contributed by atoms with Crippen LogP contribution in [-0.4, -0.2) is 34.1 Å². The first-order chi connectivity index (χ1) is 8.34. The van der Waals surface area contributed by atoms with Crippen molar-refractivity contribution in [2.24, 2.45) is 5.92 Å². The molecule has 0 aromatic carbocycles. The minimum absolute atomic E-state index is 0.185. The minimum atomic E-state index is -0.185. The molecule has 1 unspecified atom stereocenters. The molecule has 17 heavy (non-hydrogen) atoms. The Morgan fingerprint density at radius 2 is 2.24 bits per heavy atom. The van der Waals surface area contributed by atoms with Gasteiger partial charge in [-0.1, -0.05) is 25.7 Å². The molecule has 0 amide bonds. The number of aliphatic hydroxyl groups excluding tert-OH is 1. The van der Waals surface area contributed by atoms with E-state index in [-0.39, 0.29) is 6.10 Å². The Morgan fingerprint density at radius 3 is 2.94 bits per heavy atom. The van der Waals surface area contributed by atoms with E-state index in [4.69, 9.17) is 0 Å². The number of hydrogen-bond donors (Lipinski definition) is 2. The zero-order valence-corrected chi connectivity index (χ0v) is 10.4. The van der Waals surface area contributed by atoms with E-state index in [1.165, 1.54) is 25.7 Å². The Morgan fingerprint density at radius 1 is 1.41 bits per heavy atom. The normalized spacial score (nSPS) is 18.6. The van der Waals surface area contributed by atoms with Gasteiger partial charge in [-0.3, -0.25) is 4.68 Å². The number of aromatic nitrogens is 2. The number of hydrogen-bond acceptors (Lipinski definition) is 3. The van der Waals surface area contributed by atoms with Crippen molar-refractivity contribution >= 4 is 0 Å². The molecule has 4 nitrogen and oxygen atoms in total. The van der Waals surface area contributed by atoms with Crippen LogP contribution in [0, 0.1) is 5.92 Å². The predicted molar refractivity (Wildman–Crippen MR) is 67.7 cm³/mol. The lowest BCUT2D eigenvalue weighted by Crippen LogP contribution is -2.30. The molecule has 2 N–H and O–H groups in total. The monoisotopic (exact) mass is 237 g/mol. The molecule has 1 aliphatic rings.